The van der Waals surface area contributed by atoms with Crippen LogP contribution in [0.1, 0.15) is 23.3 Å². The van der Waals surface area contributed by atoms with Crippen molar-refractivity contribution in [3.63, 3.8) is 0 Å². The zero-order valence-corrected chi connectivity index (χ0v) is 13.9. The molecule has 1 N–H and O–H groups in total. The largest absolute Gasteiger partial charge is 0.316 e. The summed E-state index contributed by atoms with van der Waals surface area (Å²) in [5, 5.41) is 3.52. The first kappa shape index (κ1) is 14.8. The molecule has 102 valence electrons. The van der Waals surface area contributed by atoms with Gasteiger partial charge in [0.2, 0.25) is 0 Å². The van der Waals surface area contributed by atoms with Crippen molar-refractivity contribution in [2.45, 2.75) is 26.3 Å². The molecule has 1 aromatic rings. The maximum absolute atomic E-state index is 3.62. The summed E-state index contributed by atoms with van der Waals surface area (Å²) < 4.78 is 1.30. The van der Waals surface area contributed by atoms with Gasteiger partial charge in [-0.3, -0.25) is 4.90 Å². The smallest absolute Gasteiger partial charge is 0.0730 e. The van der Waals surface area contributed by atoms with Crippen molar-refractivity contribution in [2.24, 2.45) is 5.41 Å². The monoisotopic (exact) mass is 350 g/mol. The van der Waals surface area contributed by atoms with E-state index < -0.39 is 0 Å². The van der Waals surface area contributed by atoms with Gasteiger partial charge in [0.15, 0.2) is 0 Å². The van der Waals surface area contributed by atoms with Crippen molar-refractivity contribution in [3.8, 4) is 0 Å². The third-order valence-electron chi connectivity index (χ3n) is 4.14. The van der Waals surface area contributed by atoms with Crippen LogP contribution in [0, 0.1) is 12.3 Å². The second-order valence-corrected chi connectivity index (χ2v) is 8.01. The molecule has 1 aromatic heterocycles. The highest BCUT2D eigenvalue weighted by Gasteiger charge is 2.40. The minimum Gasteiger partial charge on any atom is -0.316 e. The van der Waals surface area contributed by atoms with Gasteiger partial charge in [-0.1, -0.05) is 0 Å². The van der Waals surface area contributed by atoms with Gasteiger partial charge < -0.3 is 5.32 Å². The Labute approximate surface area is 128 Å². The number of hydrogen-bond donors (Lipinski definition) is 1. The number of hydrogen-bond acceptors (Lipinski definition) is 3. The lowest BCUT2D eigenvalue weighted by Gasteiger charge is -2.22. The maximum atomic E-state index is 3.62. The molecule has 0 radical (unpaired) electrons. The minimum absolute atomic E-state index is 0. The van der Waals surface area contributed by atoms with Gasteiger partial charge >= 0.3 is 0 Å². The van der Waals surface area contributed by atoms with Crippen molar-refractivity contribution in [2.75, 3.05) is 26.2 Å². The van der Waals surface area contributed by atoms with E-state index in [1.165, 1.54) is 53.2 Å². The van der Waals surface area contributed by atoms with Gasteiger partial charge in [0.25, 0.3) is 0 Å². The van der Waals surface area contributed by atoms with E-state index in [0.717, 1.165) is 6.54 Å². The summed E-state index contributed by atoms with van der Waals surface area (Å²) in [6.07, 6.45) is 2.75. The van der Waals surface area contributed by atoms with Crippen molar-refractivity contribution in [1.82, 2.24) is 10.2 Å². The Morgan fingerprint density at radius 1 is 1.50 bits per heavy atom. The van der Waals surface area contributed by atoms with Crippen LogP contribution in [0.4, 0.5) is 0 Å². The normalized spacial score (nSPS) is 27.9. The zero-order chi connectivity index (χ0) is 11.9. The predicted molar refractivity (Wildman–Crippen MR) is 83.8 cm³/mol. The number of thiophene rings is 1. The summed E-state index contributed by atoms with van der Waals surface area (Å²) in [7, 11) is 0. The number of aryl methyl sites for hydroxylation is 1. The molecule has 2 saturated heterocycles. The molecule has 1 spiro atoms. The Morgan fingerprint density at radius 3 is 2.94 bits per heavy atom. The molecule has 0 saturated carbocycles. The van der Waals surface area contributed by atoms with Crippen molar-refractivity contribution >= 4 is 39.7 Å². The molecule has 1 unspecified atom stereocenters. The molecule has 3 rings (SSSR count). The average molecular weight is 352 g/mol. The first-order chi connectivity index (χ1) is 8.17. The number of nitrogens with one attached hydrogen (secondary N) is 1. The lowest BCUT2D eigenvalue weighted by molar-refractivity contribution is 0.270. The fourth-order valence-corrected chi connectivity index (χ4v) is 4.80. The summed E-state index contributed by atoms with van der Waals surface area (Å²) >= 11 is 5.51. The molecule has 0 bridgehead atoms. The summed E-state index contributed by atoms with van der Waals surface area (Å²) in [6.45, 7) is 8.33. The molecule has 3 heterocycles. The van der Waals surface area contributed by atoms with Crippen LogP contribution in [0.15, 0.2) is 9.85 Å². The van der Waals surface area contributed by atoms with E-state index in [2.05, 4.69) is 39.1 Å². The third kappa shape index (κ3) is 2.93. The van der Waals surface area contributed by atoms with Crippen LogP contribution in [0.5, 0.6) is 0 Å². The van der Waals surface area contributed by atoms with Gasteiger partial charge in [-0.15, -0.1) is 23.7 Å². The standard InChI is InChI=1S/C13H19BrN2S.ClH/c1-10-6-11(17-12(10)14)7-16-5-3-13(9-16)2-4-15-8-13;/h6,15H,2-5,7-9H2,1H3;1H. The molecule has 2 fully saturated rings. The van der Waals surface area contributed by atoms with E-state index in [1.54, 1.807) is 0 Å². The van der Waals surface area contributed by atoms with Crippen molar-refractivity contribution in [3.05, 3.63) is 20.3 Å². The fraction of sp³-hybridized carbons (Fsp3) is 0.692. The SMILES string of the molecule is Cc1cc(CN2CCC3(CCNC3)C2)sc1Br.Cl. The first-order valence-corrected chi connectivity index (χ1v) is 7.96. The highest BCUT2D eigenvalue weighted by Crippen LogP contribution is 2.37. The molecule has 0 aliphatic carbocycles. The zero-order valence-electron chi connectivity index (χ0n) is 10.7. The van der Waals surface area contributed by atoms with Crippen LogP contribution in [0.25, 0.3) is 0 Å². The average Bonchev–Trinajstić information content (AvgIpc) is 2.96. The van der Waals surface area contributed by atoms with Crippen LogP contribution in [0.3, 0.4) is 0 Å². The molecule has 2 aliphatic rings. The molecule has 2 nitrogen and oxygen atoms in total. The second kappa shape index (κ2) is 5.80. The van der Waals surface area contributed by atoms with E-state index in [1.807, 2.05) is 11.3 Å². The highest BCUT2D eigenvalue weighted by atomic mass is 79.9. The Kier molecular flexibility index (Phi) is 4.76. The van der Waals surface area contributed by atoms with E-state index in [4.69, 9.17) is 0 Å². The molecule has 0 aromatic carbocycles. The lowest BCUT2D eigenvalue weighted by atomic mass is 9.87. The van der Waals surface area contributed by atoms with Crippen LogP contribution in [-0.4, -0.2) is 31.1 Å². The molecule has 18 heavy (non-hydrogen) atoms. The summed E-state index contributed by atoms with van der Waals surface area (Å²) in [5.41, 5.74) is 1.98. The van der Waals surface area contributed by atoms with Crippen LogP contribution < -0.4 is 5.32 Å². The maximum Gasteiger partial charge on any atom is 0.0730 e. The number of halogens is 2. The van der Waals surface area contributed by atoms with Crippen LogP contribution >= 0.6 is 39.7 Å². The van der Waals surface area contributed by atoms with Gasteiger partial charge in [0, 0.05) is 24.5 Å². The summed E-state index contributed by atoms with van der Waals surface area (Å²) in [6, 6.07) is 2.33. The number of likely N-dealkylation sites (tertiary alicyclic amines) is 1. The molecule has 1 atom stereocenters. The Bertz CT molecular complexity index is 396. The van der Waals surface area contributed by atoms with E-state index in [0.29, 0.717) is 5.41 Å². The molecule has 0 amide bonds. The van der Waals surface area contributed by atoms with E-state index in [-0.39, 0.29) is 12.4 Å². The van der Waals surface area contributed by atoms with Crippen LogP contribution in [-0.2, 0) is 6.54 Å². The predicted octanol–water partition coefficient (Wildman–Crippen LogP) is 3.43. The summed E-state index contributed by atoms with van der Waals surface area (Å²) in [4.78, 5) is 4.13. The Balaban J connectivity index is 0.00000120. The number of rotatable bonds is 2. The van der Waals surface area contributed by atoms with Gasteiger partial charge in [0.1, 0.15) is 0 Å². The third-order valence-corrected chi connectivity index (χ3v) is 6.26. The van der Waals surface area contributed by atoms with Crippen molar-refractivity contribution in [1.29, 1.82) is 0 Å². The van der Waals surface area contributed by atoms with Crippen LogP contribution in [0.2, 0.25) is 0 Å². The fourth-order valence-electron chi connectivity index (χ4n) is 3.13. The Hall–Kier alpha value is 0.390. The second-order valence-electron chi connectivity index (χ2n) is 5.56. The first-order valence-electron chi connectivity index (χ1n) is 6.35. The van der Waals surface area contributed by atoms with Gasteiger partial charge in [-0.2, -0.15) is 0 Å². The topological polar surface area (TPSA) is 15.3 Å². The van der Waals surface area contributed by atoms with Crippen molar-refractivity contribution < 1.29 is 0 Å². The van der Waals surface area contributed by atoms with E-state index in [9.17, 15) is 0 Å². The van der Waals surface area contributed by atoms with Gasteiger partial charge in [-0.25, -0.2) is 0 Å². The van der Waals surface area contributed by atoms with Gasteiger partial charge in [0.05, 0.1) is 3.79 Å². The quantitative estimate of drug-likeness (QED) is 0.878. The minimum atomic E-state index is 0. The van der Waals surface area contributed by atoms with Gasteiger partial charge in [-0.05, 0) is 65.8 Å². The lowest BCUT2D eigenvalue weighted by Crippen LogP contribution is -2.28. The highest BCUT2D eigenvalue weighted by molar-refractivity contribution is 9.11. The molecular formula is C13H20BrClN2S. The summed E-state index contributed by atoms with van der Waals surface area (Å²) in [5.74, 6) is 0. The molecule has 5 heteroatoms. The molecular weight excluding hydrogens is 332 g/mol. The molecule has 2 aliphatic heterocycles. The van der Waals surface area contributed by atoms with E-state index >= 15 is 0 Å². The Morgan fingerprint density at radius 2 is 2.33 bits per heavy atom. The number of nitrogens with zero attached hydrogens (tertiary/aromatic N) is 1.